The van der Waals surface area contributed by atoms with Crippen LogP contribution in [-0.2, 0) is 4.79 Å². The number of thiocarbonyl (C=S) groups is 1. The van der Waals surface area contributed by atoms with E-state index in [-0.39, 0.29) is 5.91 Å². The highest BCUT2D eigenvalue weighted by atomic mass is 32.1. The van der Waals surface area contributed by atoms with Crippen molar-refractivity contribution in [3.8, 4) is 0 Å². The van der Waals surface area contributed by atoms with Crippen LogP contribution in [0, 0.1) is 0 Å². The molecule has 0 bridgehead atoms. The van der Waals surface area contributed by atoms with Crippen molar-refractivity contribution in [2.24, 2.45) is 0 Å². The van der Waals surface area contributed by atoms with Gasteiger partial charge in [0.05, 0.1) is 0 Å². The number of likely N-dealkylation sites (N-methyl/N-ethyl adjacent to an activating group) is 2. The molecule has 2 heterocycles. The Kier molecular flexibility index (Phi) is 3.62. The lowest BCUT2D eigenvalue weighted by atomic mass is 10.1. The molecule has 0 atom stereocenters. The molecule has 0 spiro atoms. The molecular formula is C19H16N2OS2. The fourth-order valence-electron chi connectivity index (χ4n) is 3.08. The number of carbonyl (C=O) groups excluding carboxylic acids is 1. The molecule has 3 aromatic rings. The van der Waals surface area contributed by atoms with E-state index in [0.717, 1.165) is 5.56 Å². The third-order valence-corrected chi connectivity index (χ3v) is 6.01. The summed E-state index contributed by atoms with van der Waals surface area (Å²) in [6, 6.07) is 14.7. The lowest BCUT2D eigenvalue weighted by Crippen LogP contribution is -2.30. The van der Waals surface area contributed by atoms with Gasteiger partial charge in [0.2, 0.25) is 0 Å². The Morgan fingerprint density at radius 3 is 2.62 bits per heavy atom. The molecule has 0 N–H and O–H groups in total. The summed E-state index contributed by atoms with van der Waals surface area (Å²) in [5.74, 6) is -0.0275. The van der Waals surface area contributed by atoms with Crippen molar-refractivity contribution >= 4 is 60.8 Å². The summed E-state index contributed by atoms with van der Waals surface area (Å²) in [6.07, 6.45) is 1.93. The number of hydrogen-bond acceptors (Lipinski definition) is 3. The van der Waals surface area contributed by atoms with Crippen LogP contribution in [0.3, 0.4) is 0 Å². The van der Waals surface area contributed by atoms with E-state index < -0.39 is 0 Å². The second-order valence-corrected chi connectivity index (χ2v) is 7.22. The van der Waals surface area contributed by atoms with Gasteiger partial charge in [0, 0.05) is 33.8 Å². The molecule has 1 aromatic heterocycles. The van der Waals surface area contributed by atoms with Crippen molar-refractivity contribution < 1.29 is 4.79 Å². The average Bonchev–Trinajstić information content (AvgIpc) is 3.05. The maximum absolute atomic E-state index is 12.5. The summed E-state index contributed by atoms with van der Waals surface area (Å²) >= 11 is 7.14. The monoisotopic (exact) mass is 352 g/mol. The van der Waals surface area contributed by atoms with Gasteiger partial charge < -0.3 is 4.90 Å². The van der Waals surface area contributed by atoms with Crippen LogP contribution in [-0.4, -0.2) is 34.4 Å². The smallest absolute Gasteiger partial charge is 0.276 e. The van der Waals surface area contributed by atoms with Gasteiger partial charge in [-0.05, 0) is 49.0 Å². The molecule has 1 saturated heterocycles. The third-order valence-electron chi connectivity index (χ3n) is 4.36. The summed E-state index contributed by atoms with van der Waals surface area (Å²) in [4.78, 5) is 15.9. The van der Waals surface area contributed by atoms with Crippen LogP contribution in [0.1, 0.15) is 12.5 Å². The quantitative estimate of drug-likeness (QED) is 0.502. The summed E-state index contributed by atoms with van der Waals surface area (Å²) in [7, 11) is 1.85. The lowest BCUT2D eigenvalue weighted by Gasteiger charge is -2.13. The maximum Gasteiger partial charge on any atom is 0.276 e. The van der Waals surface area contributed by atoms with Gasteiger partial charge in [-0.25, -0.2) is 0 Å². The topological polar surface area (TPSA) is 23.6 Å². The van der Waals surface area contributed by atoms with Crippen LogP contribution in [0.5, 0.6) is 0 Å². The van der Waals surface area contributed by atoms with Gasteiger partial charge >= 0.3 is 0 Å². The molecule has 0 radical (unpaired) electrons. The number of nitrogens with zero attached hydrogens (tertiary/aromatic N) is 2. The Bertz CT molecular complexity index is 1020. The third kappa shape index (κ3) is 2.24. The zero-order valence-corrected chi connectivity index (χ0v) is 15.1. The van der Waals surface area contributed by atoms with Crippen molar-refractivity contribution in [2.75, 3.05) is 13.6 Å². The molecular weight excluding hydrogens is 336 g/mol. The van der Waals surface area contributed by atoms with E-state index in [2.05, 4.69) is 42.5 Å². The highest BCUT2D eigenvalue weighted by molar-refractivity contribution is 7.80. The standard InChI is InChI=1S/C19H16N2OS2/c1-3-21-18(22)15(20(2)19(21)23)11-12-8-9-17-14(10-12)13-6-4-5-7-16(13)24-17/h4-11H,3H2,1-2H3/b15-11+. The van der Waals surface area contributed by atoms with Crippen molar-refractivity contribution in [3.05, 3.63) is 53.7 Å². The summed E-state index contributed by atoms with van der Waals surface area (Å²) in [5.41, 5.74) is 1.64. The molecule has 120 valence electrons. The molecule has 5 heteroatoms. The first-order valence-electron chi connectivity index (χ1n) is 7.82. The van der Waals surface area contributed by atoms with E-state index in [4.69, 9.17) is 12.2 Å². The van der Waals surface area contributed by atoms with Crippen molar-refractivity contribution in [1.29, 1.82) is 0 Å². The first-order chi connectivity index (χ1) is 11.6. The minimum absolute atomic E-state index is 0.0275. The minimum Gasteiger partial charge on any atom is -0.317 e. The predicted octanol–water partition coefficient (Wildman–Crippen LogP) is 4.47. The Labute approximate surface area is 149 Å². The number of rotatable bonds is 2. The number of hydrogen-bond donors (Lipinski definition) is 0. The fourth-order valence-corrected chi connectivity index (χ4v) is 4.48. The maximum atomic E-state index is 12.5. The molecule has 1 amide bonds. The molecule has 1 aliphatic heterocycles. The Morgan fingerprint density at radius 1 is 1.12 bits per heavy atom. The van der Waals surface area contributed by atoms with E-state index >= 15 is 0 Å². The van der Waals surface area contributed by atoms with E-state index in [9.17, 15) is 4.79 Å². The molecule has 0 aliphatic carbocycles. The highest BCUT2D eigenvalue weighted by Crippen LogP contribution is 2.34. The van der Waals surface area contributed by atoms with E-state index in [0.29, 0.717) is 17.4 Å². The van der Waals surface area contributed by atoms with Gasteiger partial charge in [0.1, 0.15) is 5.70 Å². The van der Waals surface area contributed by atoms with E-state index in [1.165, 1.54) is 20.2 Å². The molecule has 0 unspecified atom stereocenters. The molecule has 3 nitrogen and oxygen atoms in total. The van der Waals surface area contributed by atoms with Crippen LogP contribution in [0.2, 0.25) is 0 Å². The average molecular weight is 352 g/mol. The number of benzene rings is 2. The fraction of sp³-hybridized carbons (Fsp3) is 0.158. The zero-order chi connectivity index (χ0) is 16.8. The van der Waals surface area contributed by atoms with Crippen LogP contribution >= 0.6 is 23.6 Å². The van der Waals surface area contributed by atoms with Crippen LogP contribution in [0.15, 0.2) is 48.2 Å². The van der Waals surface area contributed by atoms with Gasteiger partial charge in [-0.15, -0.1) is 11.3 Å². The number of amides is 1. The molecule has 4 rings (SSSR count). The second-order valence-electron chi connectivity index (χ2n) is 5.77. The normalized spacial score (nSPS) is 17.0. The summed E-state index contributed by atoms with van der Waals surface area (Å²) in [6.45, 7) is 2.53. The predicted molar refractivity (Wildman–Crippen MR) is 105 cm³/mol. The van der Waals surface area contributed by atoms with Crippen molar-refractivity contribution in [1.82, 2.24) is 9.80 Å². The first-order valence-corrected chi connectivity index (χ1v) is 9.05. The van der Waals surface area contributed by atoms with Gasteiger partial charge in [0.25, 0.3) is 5.91 Å². The Morgan fingerprint density at radius 2 is 1.88 bits per heavy atom. The summed E-state index contributed by atoms with van der Waals surface area (Å²) < 4.78 is 2.54. The van der Waals surface area contributed by atoms with Crippen LogP contribution < -0.4 is 0 Å². The molecule has 24 heavy (non-hydrogen) atoms. The largest absolute Gasteiger partial charge is 0.317 e. The zero-order valence-electron chi connectivity index (χ0n) is 13.4. The van der Waals surface area contributed by atoms with Gasteiger partial charge in [-0.3, -0.25) is 9.69 Å². The molecule has 1 aliphatic rings. The highest BCUT2D eigenvalue weighted by Gasteiger charge is 2.34. The van der Waals surface area contributed by atoms with Crippen molar-refractivity contribution in [3.63, 3.8) is 0 Å². The summed E-state index contributed by atoms with van der Waals surface area (Å²) in [5, 5.41) is 3.05. The second kappa shape index (κ2) is 5.69. The van der Waals surface area contributed by atoms with Crippen LogP contribution in [0.25, 0.3) is 26.2 Å². The minimum atomic E-state index is -0.0275. The molecule has 0 saturated carbocycles. The lowest BCUT2D eigenvalue weighted by molar-refractivity contribution is -0.122. The SMILES string of the molecule is CCN1C(=O)/C(=C\c2ccc3sc4ccccc4c3c2)N(C)C1=S. The van der Waals surface area contributed by atoms with Gasteiger partial charge in [-0.2, -0.15) is 0 Å². The van der Waals surface area contributed by atoms with Gasteiger partial charge in [0.15, 0.2) is 5.11 Å². The van der Waals surface area contributed by atoms with E-state index in [1.54, 1.807) is 21.1 Å². The van der Waals surface area contributed by atoms with E-state index in [1.807, 2.05) is 20.0 Å². The Balaban J connectivity index is 1.83. The van der Waals surface area contributed by atoms with Crippen molar-refractivity contribution in [2.45, 2.75) is 6.92 Å². The molecule has 1 fully saturated rings. The number of fused-ring (bicyclic) bond motifs is 3. The molecule has 2 aromatic carbocycles. The first kappa shape index (κ1) is 15.3. The van der Waals surface area contributed by atoms with Crippen LogP contribution in [0.4, 0.5) is 0 Å². The number of thiophene rings is 1. The Hall–Kier alpha value is -2.24. The van der Waals surface area contributed by atoms with Gasteiger partial charge in [-0.1, -0.05) is 24.3 Å². The number of carbonyl (C=O) groups is 1.